The van der Waals surface area contributed by atoms with E-state index in [4.69, 9.17) is 5.73 Å². The van der Waals surface area contributed by atoms with Gasteiger partial charge in [0.25, 0.3) is 0 Å². The first-order chi connectivity index (χ1) is 16.1. The first-order valence-electron chi connectivity index (χ1n) is 11.9. The van der Waals surface area contributed by atoms with E-state index in [0.717, 1.165) is 50.3 Å². The molecule has 0 aliphatic carbocycles. The predicted molar refractivity (Wildman–Crippen MR) is 134 cm³/mol. The van der Waals surface area contributed by atoms with Crippen molar-refractivity contribution in [3.05, 3.63) is 65.0 Å². The topological polar surface area (TPSA) is 90.0 Å². The van der Waals surface area contributed by atoms with Crippen LogP contribution in [0, 0.1) is 11.2 Å². The molecule has 0 fully saturated rings. The predicted octanol–water partition coefficient (Wildman–Crippen LogP) is 3.33. The minimum Gasteiger partial charge on any atom is -0.508 e. The van der Waals surface area contributed by atoms with E-state index in [-0.39, 0.29) is 29.5 Å². The molecule has 0 radical (unpaired) electrons. The molecule has 2 aromatic carbocycles. The number of aromatic hydroxyl groups is 1. The van der Waals surface area contributed by atoms with Crippen molar-refractivity contribution in [2.75, 3.05) is 39.3 Å². The van der Waals surface area contributed by atoms with E-state index in [0.29, 0.717) is 24.9 Å². The Kier molecular flexibility index (Phi) is 11.0. The number of hydrogen-bond donors (Lipinski definition) is 3. The van der Waals surface area contributed by atoms with Crippen LogP contribution in [0.3, 0.4) is 0 Å². The number of benzene rings is 2. The lowest BCUT2D eigenvalue weighted by Crippen LogP contribution is -2.41. The summed E-state index contributed by atoms with van der Waals surface area (Å²) in [6, 6.07) is 12.0. The largest absolute Gasteiger partial charge is 0.508 e. The molecule has 0 atom stereocenters. The van der Waals surface area contributed by atoms with E-state index in [9.17, 15) is 19.4 Å². The highest BCUT2D eigenvalue weighted by molar-refractivity contribution is 5.73. The summed E-state index contributed by atoms with van der Waals surface area (Å²) >= 11 is 0. The highest BCUT2D eigenvalue weighted by atomic mass is 19.1. The molecule has 0 unspecified atom stereocenters. The normalized spacial score (nSPS) is 12.0. The maximum absolute atomic E-state index is 13.5. The van der Waals surface area contributed by atoms with Gasteiger partial charge >= 0.3 is 0 Å². The van der Waals surface area contributed by atoms with Gasteiger partial charge in [-0.3, -0.25) is 4.79 Å². The zero-order valence-electron chi connectivity index (χ0n) is 20.8. The van der Waals surface area contributed by atoms with E-state index >= 15 is 0 Å². The minimum atomic E-state index is -0.325. The number of nitrogens with two attached hydrogens (primary N) is 1. The smallest absolute Gasteiger partial charge is 0.218 e. The Morgan fingerprint density at radius 3 is 2.21 bits per heavy atom. The summed E-state index contributed by atoms with van der Waals surface area (Å²) in [7, 11) is 0. The van der Waals surface area contributed by atoms with Crippen LogP contribution >= 0.6 is 0 Å². The van der Waals surface area contributed by atoms with Gasteiger partial charge in [-0.1, -0.05) is 39.0 Å². The van der Waals surface area contributed by atoms with Crippen LogP contribution in [0.5, 0.6) is 5.75 Å². The van der Waals surface area contributed by atoms with E-state index in [2.05, 4.69) is 30.6 Å². The molecule has 2 rings (SSSR count). The summed E-state index contributed by atoms with van der Waals surface area (Å²) in [5, 5.41) is 19.2. The number of carbonyl (C=O) groups excluding carboxylic acids is 1. The van der Waals surface area contributed by atoms with E-state index in [1.54, 1.807) is 18.2 Å². The van der Waals surface area contributed by atoms with Crippen LogP contribution in [0.1, 0.15) is 43.9 Å². The highest BCUT2D eigenvalue weighted by Crippen LogP contribution is 2.20. The Balaban J connectivity index is 2.01. The van der Waals surface area contributed by atoms with Crippen LogP contribution in [-0.4, -0.2) is 65.2 Å². The lowest BCUT2D eigenvalue weighted by atomic mass is 9.95. The van der Waals surface area contributed by atoms with Gasteiger partial charge in [-0.15, -0.1) is 0 Å². The molecule has 4 N–H and O–H groups in total. The van der Waals surface area contributed by atoms with E-state index in [1.807, 2.05) is 18.2 Å². The summed E-state index contributed by atoms with van der Waals surface area (Å²) in [5.74, 6) is -0.452. The molecule has 7 heteroatoms. The number of halogens is 1. The van der Waals surface area contributed by atoms with Gasteiger partial charge in [0.15, 0.2) is 0 Å². The molecule has 0 aliphatic heterocycles. The number of nitrogens with zero attached hydrogens (tertiary/aromatic N) is 2. The summed E-state index contributed by atoms with van der Waals surface area (Å²) in [6.45, 7) is 11.1. The number of carbonyl (C=O) groups is 1. The molecule has 0 aromatic heterocycles. The van der Waals surface area contributed by atoms with Crippen molar-refractivity contribution in [2.24, 2.45) is 11.1 Å². The first kappa shape index (κ1) is 27.8. The summed E-state index contributed by atoms with van der Waals surface area (Å²) in [5.41, 5.74) is 8.05. The Bertz CT molecular complexity index is 914. The second-order valence-electron chi connectivity index (χ2n) is 10.1. The standard InChI is InChI=1S/C27H40FN3O3/c1-27(2,3)20-31(13-10-22-7-8-25(33)23(17-22)19-32)16-15-30(14-11-26(29)34)12-9-21-5-4-6-24(28)18-21/h4-8,17-18,32-33H,9-16,19-20H2,1-3H3,(H2,29,34). The zero-order valence-corrected chi connectivity index (χ0v) is 20.8. The monoisotopic (exact) mass is 473 g/mol. The van der Waals surface area contributed by atoms with Gasteiger partial charge in [0.05, 0.1) is 6.61 Å². The van der Waals surface area contributed by atoms with Crippen molar-refractivity contribution >= 4 is 5.91 Å². The number of aliphatic hydroxyl groups is 1. The average molecular weight is 474 g/mol. The molecule has 0 bridgehead atoms. The maximum atomic E-state index is 13.5. The van der Waals surface area contributed by atoms with Crippen molar-refractivity contribution in [1.29, 1.82) is 0 Å². The molecule has 0 spiro atoms. The van der Waals surface area contributed by atoms with Crippen LogP contribution < -0.4 is 5.73 Å². The molecule has 0 saturated carbocycles. The zero-order chi connectivity index (χ0) is 25.1. The fraction of sp³-hybridized carbons (Fsp3) is 0.519. The molecule has 6 nitrogen and oxygen atoms in total. The first-order valence-corrected chi connectivity index (χ1v) is 11.9. The van der Waals surface area contributed by atoms with Crippen LogP contribution in [0.25, 0.3) is 0 Å². The van der Waals surface area contributed by atoms with Gasteiger partial charge in [-0.05, 0) is 53.6 Å². The third kappa shape index (κ3) is 10.6. The minimum absolute atomic E-state index is 0.112. The van der Waals surface area contributed by atoms with Crippen LogP contribution in [0.15, 0.2) is 42.5 Å². The number of primary amides is 1. The SMILES string of the molecule is CC(C)(C)CN(CCc1ccc(O)c(CO)c1)CCN(CCC(N)=O)CCc1cccc(F)c1. The average Bonchev–Trinajstić information content (AvgIpc) is 2.76. The van der Waals surface area contributed by atoms with Crippen molar-refractivity contribution < 1.29 is 19.4 Å². The molecule has 34 heavy (non-hydrogen) atoms. The van der Waals surface area contributed by atoms with Gasteiger partial charge in [-0.2, -0.15) is 0 Å². The summed E-state index contributed by atoms with van der Waals surface area (Å²) in [4.78, 5) is 16.0. The molecule has 0 heterocycles. The molecule has 2 aromatic rings. The van der Waals surface area contributed by atoms with E-state index in [1.165, 1.54) is 6.07 Å². The fourth-order valence-electron chi connectivity index (χ4n) is 4.02. The number of aliphatic hydroxyl groups excluding tert-OH is 1. The number of hydrogen-bond acceptors (Lipinski definition) is 5. The Labute approximate surface area is 203 Å². The van der Waals surface area contributed by atoms with Crippen molar-refractivity contribution in [3.8, 4) is 5.75 Å². The quantitative estimate of drug-likeness (QED) is 0.392. The van der Waals surface area contributed by atoms with Gasteiger partial charge in [-0.25, -0.2) is 4.39 Å². The molecule has 0 saturated heterocycles. The van der Waals surface area contributed by atoms with Gasteiger partial charge in [0.1, 0.15) is 11.6 Å². The lowest BCUT2D eigenvalue weighted by Gasteiger charge is -2.32. The lowest BCUT2D eigenvalue weighted by molar-refractivity contribution is -0.118. The van der Waals surface area contributed by atoms with Gasteiger partial charge < -0.3 is 25.7 Å². The second kappa shape index (κ2) is 13.4. The number of phenols is 1. The van der Waals surface area contributed by atoms with Crippen molar-refractivity contribution in [1.82, 2.24) is 9.80 Å². The summed E-state index contributed by atoms with van der Waals surface area (Å²) < 4.78 is 13.5. The van der Waals surface area contributed by atoms with E-state index < -0.39 is 0 Å². The summed E-state index contributed by atoms with van der Waals surface area (Å²) in [6.07, 6.45) is 1.79. The fourth-order valence-corrected chi connectivity index (χ4v) is 4.02. The van der Waals surface area contributed by atoms with Gasteiger partial charge in [0, 0.05) is 51.3 Å². The van der Waals surface area contributed by atoms with Crippen molar-refractivity contribution in [3.63, 3.8) is 0 Å². The molecule has 188 valence electrons. The van der Waals surface area contributed by atoms with Crippen molar-refractivity contribution in [2.45, 2.75) is 46.6 Å². The third-order valence-corrected chi connectivity index (χ3v) is 5.74. The Morgan fingerprint density at radius 1 is 0.941 bits per heavy atom. The van der Waals surface area contributed by atoms with Crippen LogP contribution in [-0.2, 0) is 24.2 Å². The molecule has 1 amide bonds. The van der Waals surface area contributed by atoms with Crippen LogP contribution in [0.2, 0.25) is 0 Å². The Hall–Kier alpha value is -2.48. The number of amides is 1. The highest BCUT2D eigenvalue weighted by Gasteiger charge is 2.18. The third-order valence-electron chi connectivity index (χ3n) is 5.74. The number of rotatable bonds is 14. The van der Waals surface area contributed by atoms with Gasteiger partial charge in [0.2, 0.25) is 5.91 Å². The second-order valence-corrected chi connectivity index (χ2v) is 10.1. The maximum Gasteiger partial charge on any atom is 0.218 e. The molecular formula is C27H40FN3O3. The Morgan fingerprint density at radius 2 is 1.59 bits per heavy atom. The molecule has 0 aliphatic rings. The van der Waals surface area contributed by atoms with Crippen LogP contribution in [0.4, 0.5) is 4.39 Å². The molecular weight excluding hydrogens is 433 g/mol.